The maximum Gasteiger partial charge on any atom is 0.113 e. The Bertz CT molecular complexity index is 751. The van der Waals surface area contributed by atoms with Gasteiger partial charge in [0.25, 0.3) is 0 Å². The van der Waals surface area contributed by atoms with Crippen molar-refractivity contribution < 1.29 is 0 Å². The van der Waals surface area contributed by atoms with Gasteiger partial charge in [-0.1, -0.05) is 30.7 Å². The van der Waals surface area contributed by atoms with Crippen molar-refractivity contribution in [1.29, 1.82) is 0 Å². The summed E-state index contributed by atoms with van der Waals surface area (Å²) in [6.45, 7) is 8.47. The average molecular weight is 282 g/mol. The predicted octanol–water partition coefficient (Wildman–Crippen LogP) is 3.70. The smallest absolute Gasteiger partial charge is 0.113 e. The lowest BCUT2D eigenvalue weighted by molar-refractivity contribution is 0.566. The number of aromatic nitrogens is 4. The van der Waals surface area contributed by atoms with Crippen molar-refractivity contribution in [2.75, 3.05) is 0 Å². The molecule has 4 heteroatoms. The molecule has 2 heterocycles. The van der Waals surface area contributed by atoms with Crippen molar-refractivity contribution >= 4 is 11.0 Å². The predicted molar refractivity (Wildman–Crippen MR) is 85.4 cm³/mol. The Labute approximate surface area is 125 Å². The fraction of sp³-hybridized carbons (Fsp3) is 0.412. The van der Waals surface area contributed by atoms with Crippen LogP contribution in [0.5, 0.6) is 0 Å². The maximum atomic E-state index is 4.30. The number of unbranched alkanes of at least 4 members (excludes halogenated alkanes) is 1. The van der Waals surface area contributed by atoms with Crippen molar-refractivity contribution in [3.63, 3.8) is 0 Å². The van der Waals surface area contributed by atoms with E-state index in [9.17, 15) is 0 Å². The molecule has 0 aliphatic carbocycles. The third-order valence-corrected chi connectivity index (χ3v) is 4.17. The van der Waals surface area contributed by atoms with E-state index < -0.39 is 0 Å². The van der Waals surface area contributed by atoms with E-state index in [4.69, 9.17) is 0 Å². The Hall–Kier alpha value is -2.10. The summed E-state index contributed by atoms with van der Waals surface area (Å²) in [6.07, 6.45) is 2.42. The minimum atomic E-state index is 0.777. The molecule has 21 heavy (non-hydrogen) atoms. The van der Waals surface area contributed by atoms with E-state index in [1.165, 1.54) is 29.8 Å². The quantitative estimate of drug-likeness (QED) is 0.715. The van der Waals surface area contributed by atoms with Crippen LogP contribution in [-0.2, 0) is 13.1 Å². The van der Waals surface area contributed by atoms with Crippen molar-refractivity contribution in [2.24, 2.45) is 0 Å². The third kappa shape index (κ3) is 2.58. The fourth-order valence-electron chi connectivity index (χ4n) is 2.81. The van der Waals surface area contributed by atoms with Gasteiger partial charge in [-0.05, 0) is 44.0 Å². The molecular weight excluding hydrogens is 260 g/mol. The van der Waals surface area contributed by atoms with Crippen LogP contribution in [-0.4, -0.2) is 19.6 Å². The number of fused-ring (bicyclic) bond motifs is 1. The molecular formula is C17H22N4. The highest BCUT2D eigenvalue weighted by Gasteiger charge is 2.11. The lowest BCUT2D eigenvalue weighted by Gasteiger charge is -2.11. The first kappa shape index (κ1) is 13.9. The van der Waals surface area contributed by atoms with Crippen molar-refractivity contribution in [3.05, 3.63) is 47.3 Å². The van der Waals surface area contributed by atoms with E-state index >= 15 is 0 Å². The van der Waals surface area contributed by atoms with Crippen LogP contribution in [0.3, 0.4) is 0 Å². The van der Waals surface area contributed by atoms with Crippen LogP contribution in [0.25, 0.3) is 11.0 Å². The van der Waals surface area contributed by atoms with Crippen LogP contribution in [0.4, 0.5) is 0 Å². The van der Waals surface area contributed by atoms with E-state index in [1.54, 1.807) is 0 Å². The lowest BCUT2D eigenvalue weighted by atomic mass is 10.3. The van der Waals surface area contributed by atoms with Gasteiger partial charge in [-0.25, -0.2) is 4.68 Å². The first-order valence-electron chi connectivity index (χ1n) is 7.64. The van der Waals surface area contributed by atoms with Gasteiger partial charge in [-0.15, -0.1) is 5.10 Å². The maximum absolute atomic E-state index is 4.30. The van der Waals surface area contributed by atoms with E-state index in [2.05, 4.69) is 47.8 Å². The Morgan fingerprint density at radius 3 is 2.76 bits per heavy atom. The molecule has 0 fully saturated rings. The molecule has 0 aliphatic heterocycles. The molecule has 4 nitrogen and oxygen atoms in total. The van der Waals surface area contributed by atoms with E-state index in [0.717, 1.165) is 24.1 Å². The number of rotatable bonds is 5. The Balaban J connectivity index is 1.96. The minimum Gasteiger partial charge on any atom is -0.347 e. The van der Waals surface area contributed by atoms with Crippen molar-refractivity contribution in [1.82, 2.24) is 19.6 Å². The second kappa shape index (κ2) is 5.72. The van der Waals surface area contributed by atoms with Crippen LogP contribution in [0.15, 0.2) is 30.3 Å². The van der Waals surface area contributed by atoms with Gasteiger partial charge in [0.15, 0.2) is 0 Å². The lowest BCUT2D eigenvalue weighted by Crippen LogP contribution is -2.10. The summed E-state index contributed by atoms with van der Waals surface area (Å²) < 4.78 is 4.42. The van der Waals surface area contributed by atoms with E-state index in [0.29, 0.717) is 0 Å². The van der Waals surface area contributed by atoms with Gasteiger partial charge in [0.2, 0.25) is 0 Å². The highest BCUT2D eigenvalue weighted by Crippen LogP contribution is 2.18. The number of benzene rings is 1. The van der Waals surface area contributed by atoms with Gasteiger partial charge in [-0.3, -0.25) is 0 Å². The Kier molecular flexibility index (Phi) is 3.78. The molecule has 0 unspecified atom stereocenters. The van der Waals surface area contributed by atoms with Gasteiger partial charge in [0, 0.05) is 17.9 Å². The van der Waals surface area contributed by atoms with Gasteiger partial charge in [0.1, 0.15) is 5.52 Å². The SMILES string of the molecule is CCCCn1c(Cn2nnc3ccccc32)cc(C)c1C. The number of nitrogens with zero attached hydrogens (tertiary/aromatic N) is 4. The largest absolute Gasteiger partial charge is 0.347 e. The highest BCUT2D eigenvalue weighted by molar-refractivity contribution is 5.73. The summed E-state index contributed by atoms with van der Waals surface area (Å²) in [5, 5.41) is 8.54. The van der Waals surface area contributed by atoms with E-state index in [1.807, 2.05) is 22.9 Å². The summed E-state index contributed by atoms with van der Waals surface area (Å²) >= 11 is 0. The molecule has 0 N–H and O–H groups in total. The Morgan fingerprint density at radius 2 is 1.95 bits per heavy atom. The number of para-hydroxylation sites is 1. The zero-order valence-corrected chi connectivity index (χ0v) is 13.0. The first-order chi connectivity index (χ1) is 10.2. The molecule has 0 aliphatic rings. The molecule has 0 atom stereocenters. The zero-order valence-electron chi connectivity index (χ0n) is 13.0. The van der Waals surface area contributed by atoms with Gasteiger partial charge >= 0.3 is 0 Å². The number of aryl methyl sites for hydroxylation is 1. The monoisotopic (exact) mass is 282 g/mol. The summed E-state index contributed by atoms with van der Waals surface area (Å²) in [7, 11) is 0. The fourth-order valence-corrected chi connectivity index (χ4v) is 2.81. The van der Waals surface area contributed by atoms with Crippen LogP contribution in [0.2, 0.25) is 0 Å². The standard InChI is InChI=1S/C17H22N4/c1-4-5-10-20-14(3)13(2)11-15(20)12-21-17-9-7-6-8-16(17)18-19-21/h6-9,11H,4-5,10,12H2,1-3H3. The highest BCUT2D eigenvalue weighted by atomic mass is 15.4. The first-order valence-corrected chi connectivity index (χ1v) is 7.64. The third-order valence-electron chi connectivity index (χ3n) is 4.17. The second-order valence-electron chi connectivity index (χ2n) is 5.65. The van der Waals surface area contributed by atoms with Crippen LogP contribution >= 0.6 is 0 Å². The molecule has 3 rings (SSSR count). The molecule has 3 aromatic rings. The molecule has 0 saturated heterocycles. The van der Waals surface area contributed by atoms with Crippen molar-refractivity contribution in [3.8, 4) is 0 Å². The molecule has 0 bridgehead atoms. The van der Waals surface area contributed by atoms with Crippen molar-refractivity contribution in [2.45, 2.75) is 46.7 Å². The van der Waals surface area contributed by atoms with Crippen LogP contribution in [0, 0.1) is 13.8 Å². The summed E-state index contributed by atoms with van der Waals surface area (Å²) in [5.41, 5.74) is 6.08. The normalized spacial score (nSPS) is 11.4. The molecule has 0 saturated carbocycles. The molecule has 0 radical (unpaired) electrons. The molecule has 2 aromatic heterocycles. The number of hydrogen-bond donors (Lipinski definition) is 0. The minimum absolute atomic E-state index is 0.777. The molecule has 0 amide bonds. The van der Waals surface area contributed by atoms with Crippen LogP contribution < -0.4 is 0 Å². The Morgan fingerprint density at radius 1 is 1.14 bits per heavy atom. The van der Waals surface area contributed by atoms with E-state index in [-0.39, 0.29) is 0 Å². The summed E-state index contributed by atoms with van der Waals surface area (Å²) in [4.78, 5) is 0. The zero-order chi connectivity index (χ0) is 14.8. The summed E-state index contributed by atoms with van der Waals surface area (Å²) in [6, 6.07) is 10.4. The number of hydrogen-bond acceptors (Lipinski definition) is 2. The van der Waals surface area contributed by atoms with Gasteiger partial charge in [-0.2, -0.15) is 0 Å². The van der Waals surface area contributed by atoms with Gasteiger partial charge in [0.05, 0.1) is 12.1 Å². The van der Waals surface area contributed by atoms with Crippen LogP contribution in [0.1, 0.15) is 36.7 Å². The molecule has 0 spiro atoms. The molecule has 110 valence electrons. The molecule has 1 aromatic carbocycles. The topological polar surface area (TPSA) is 35.6 Å². The van der Waals surface area contributed by atoms with Gasteiger partial charge < -0.3 is 4.57 Å². The second-order valence-corrected chi connectivity index (χ2v) is 5.65. The average Bonchev–Trinajstić information content (AvgIpc) is 3.01. The summed E-state index contributed by atoms with van der Waals surface area (Å²) in [5.74, 6) is 0.